The van der Waals surface area contributed by atoms with Crippen molar-refractivity contribution < 1.29 is 31.2 Å². The molecule has 2 aromatic heterocycles. The summed E-state index contributed by atoms with van der Waals surface area (Å²) in [4.78, 5) is 39.1. The van der Waals surface area contributed by atoms with Crippen LogP contribution in [0.5, 0.6) is 0 Å². The molecule has 0 atom stereocenters. The normalized spacial score (nSPS) is 13.8. The lowest BCUT2D eigenvalue weighted by Gasteiger charge is -2.15. The van der Waals surface area contributed by atoms with E-state index in [1.807, 2.05) is 0 Å². The van der Waals surface area contributed by atoms with Gasteiger partial charge in [0.15, 0.2) is 10.1 Å². The molecule has 0 spiro atoms. The van der Waals surface area contributed by atoms with Crippen LogP contribution in [-0.2, 0) is 71.0 Å². The number of hydrogen-bond donors (Lipinski definition) is 2. The van der Waals surface area contributed by atoms with E-state index < -0.39 is 26.0 Å². The molecule has 3 amide bonds. The van der Waals surface area contributed by atoms with E-state index in [0.717, 1.165) is 50.2 Å². The Hall–Kier alpha value is -4.09. The number of carbonyl (C=O) groups is 3. The SMILES string of the molecule is CN(C)C(=O)c1cc(S(=O)(=O)NC(=O)Cc2c3c(cc4c2CCC4)CCC3)nn1C.CN(C)C(=O)c1cc(S(N)(=O)=O)nn1C. The first-order valence-electron chi connectivity index (χ1n) is 14.2. The molecule has 0 radical (unpaired) electrons. The summed E-state index contributed by atoms with van der Waals surface area (Å²) in [6.45, 7) is 0. The Morgan fingerprint density at radius 3 is 1.64 bits per heavy atom. The van der Waals surface area contributed by atoms with Gasteiger partial charge >= 0.3 is 0 Å². The minimum atomic E-state index is -4.17. The molecule has 0 saturated heterocycles. The molecule has 5 rings (SSSR count). The number of sulfonamides is 2. The molecule has 0 saturated carbocycles. The summed E-state index contributed by atoms with van der Waals surface area (Å²) in [5.41, 5.74) is 6.36. The Morgan fingerprint density at radius 2 is 1.22 bits per heavy atom. The van der Waals surface area contributed by atoms with Crippen molar-refractivity contribution in [3.8, 4) is 0 Å². The predicted octanol–water partition coefficient (Wildman–Crippen LogP) is -0.0838. The summed E-state index contributed by atoms with van der Waals surface area (Å²) in [5.74, 6) is -1.27. The molecule has 17 heteroatoms. The van der Waals surface area contributed by atoms with Gasteiger partial charge in [-0.3, -0.25) is 23.7 Å². The summed E-state index contributed by atoms with van der Waals surface area (Å²) >= 11 is 0. The number of carbonyl (C=O) groups excluding carboxylic acids is 3. The quantitative estimate of drug-likeness (QED) is 0.347. The van der Waals surface area contributed by atoms with Gasteiger partial charge < -0.3 is 9.80 Å². The fourth-order valence-corrected chi connectivity index (χ4v) is 7.04. The average molecular weight is 663 g/mol. The topological polar surface area (TPSA) is 200 Å². The molecule has 2 aliphatic carbocycles. The van der Waals surface area contributed by atoms with Crippen LogP contribution in [0.2, 0.25) is 0 Å². The second-order valence-corrected chi connectivity index (χ2v) is 14.6. The van der Waals surface area contributed by atoms with Crippen molar-refractivity contribution >= 4 is 37.8 Å². The number of benzene rings is 1. The van der Waals surface area contributed by atoms with E-state index in [1.165, 1.54) is 61.6 Å². The largest absolute Gasteiger partial charge is 0.343 e. The van der Waals surface area contributed by atoms with E-state index in [4.69, 9.17) is 5.14 Å². The van der Waals surface area contributed by atoms with Gasteiger partial charge in [0.25, 0.3) is 31.9 Å². The van der Waals surface area contributed by atoms with Crippen molar-refractivity contribution in [2.75, 3.05) is 28.2 Å². The van der Waals surface area contributed by atoms with Crippen LogP contribution < -0.4 is 9.86 Å². The highest BCUT2D eigenvalue weighted by Crippen LogP contribution is 2.35. The van der Waals surface area contributed by atoms with Gasteiger partial charge in [-0.2, -0.15) is 18.6 Å². The second kappa shape index (κ2) is 12.7. The number of amides is 3. The van der Waals surface area contributed by atoms with Gasteiger partial charge in [0, 0.05) is 54.4 Å². The summed E-state index contributed by atoms with van der Waals surface area (Å²) in [5, 5.41) is 11.8. The fourth-order valence-electron chi connectivity index (χ4n) is 5.56. The van der Waals surface area contributed by atoms with Gasteiger partial charge in [-0.1, -0.05) is 6.07 Å². The highest BCUT2D eigenvalue weighted by Gasteiger charge is 2.28. The maximum Gasteiger partial charge on any atom is 0.283 e. The van der Waals surface area contributed by atoms with Gasteiger partial charge in [0.1, 0.15) is 11.4 Å². The van der Waals surface area contributed by atoms with Crippen LogP contribution >= 0.6 is 0 Å². The number of hydrogen-bond acceptors (Lipinski definition) is 9. The van der Waals surface area contributed by atoms with Crippen LogP contribution in [0.4, 0.5) is 0 Å². The zero-order chi connectivity index (χ0) is 33.4. The molecule has 0 bridgehead atoms. The third kappa shape index (κ3) is 7.26. The van der Waals surface area contributed by atoms with Gasteiger partial charge in [0.2, 0.25) is 5.91 Å². The highest BCUT2D eigenvalue weighted by atomic mass is 32.2. The van der Waals surface area contributed by atoms with Gasteiger partial charge in [-0.05, 0) is 66.3 Å². The van der Waals surface area contributed by atoms with Crippen molar-refractivity contribution in [3.05, 3.63) is 57.4 Å². The van der Waals surface area contributed by atoms with Gasteiger partial charge in [-0.25, -0.2) is 18.3 Å². The Bertz CT molecular complexity index is 1860. The Morgan fingerprint density at radius 1 is 0.778 bits per heavy atom. The lowest BCUT2D eigenvalue weighted by molar-refractivity contribution is -0.118. The zero-order valence-corrected chi connectivity index (χ0v) is 27.7. The molecule has 45 heavy (non-hydrogen) atoms. The van der Waals surface area contributed by atoms with E-state index in [-0.39, 0.29) is 39.7 Å². The van der Waals surface area contributed by atoms with E-state index in [2.05, 4.69) is 21.0 Å². The number of aryl methyl sites for hydroxylation is 4. The van der Waals surface area contributed by atoms with Crippen molar-refractivity contribution in [1.82, 2.24) is 34.1 Å². The summed E-state index contributed by atoms with van der Waals surface area (Å²) in [7, 11) is 1.20. The second-order valence-electron chi connectivity index (χ2n) is 11.5. The van der Waals surface area contributed by atoms with Crippen LogP contribution in [0.25, 0.3) is 0 Å². The van der Waals surface area contributed by atoms with Gasteiger partial charge in [0.05, 0.1) is 6.42 Å². The fraction of sp³-hybridized carbons (Fsp3) is 0.464. The summed E-state index contributed by atoms with van der Waals surface area (Å²) in [6.07, 6.45) is 6.10. The number of fused-ring (bicyclic) bond motifs is 2. The molecule has 0 aliphatic heterocycles. The third-order valence-electron chi connectivity index (χ3n) is 7.72. The number of nitrogens with two attached hydrogens (primary N) is 1. The highest BCUT2D eigenvalue weighted by molar-refractivity contribution is 7.90. The van der Waals surface area contributed by atoms with Crippen LogP contribution in [0.1, 0.15) is 61.6 Å². The third-order valence-corrected chi connectivity index (χ3v) is 9.74. The Kier molecular flexibility index (Phi) is 9.56. The van der Waals surface area contributed by atoms with Crippen molar-refractivity contribution in [2.45, 2.75) is 55.0 Å². The molecule has 15 nitrogen and oxygen atoms in total. The van der Waals surface area contributed by atoms with Gasteiger partial charge in [-0.15, -0.1) is 0 Å². The molecule has 3 aromatic rings. The average Bonchev–Trinajstić information content (AvgIpc) is 3.73. The van der Waals surface area contributed by atoms with E-state index in [0.29, 0.717) is 0 Å². The van der Waals surface area contributed by atoms with Crippen LogP contribution in [0, 0.1) is 0 Å². The van der Waals surface area contributed by atoms with E-state index in [1.54, 1.807) is 28.2 Å². The molecule has 1 aromatic carbocycles. The molecule has 2 heterocycles. The van der Waals surface area contributed by atoms with Crippen LogP contribution in [-0.4, -0.2) is 92.1 Å². The maximum absolute atomic E-state index is 12.7. The summed E-state index contributed by atoms with van der Waals surface area (Å²) in [6, 6.07) is 4.62. The minimum absolute atomic E-state index is 0.0427. The Labute approximate surface area is 262 Å². The first-order chi connectivity index (χ1) is 20.9. The first-order valence-corrected chi connectivity index (χ1v) is 17.2. The minimum Gasteiger partial charge on any atom is -0.343 e. The van der Waals surface area contributed by atoms with E-state index >= 15 is 0 Å². The summed E-state index contributed by atoms with van der Waals surface area (Å²) < 4.78 is 51.9. The smallest absolute Gasteiger partial charge is 0.283 e. The predicted molar refractivity (Wildman–Crippen MR) is 163 cm³/mol. The zero-order valence-electron chi connectivity index (χ0n) is 26.1. The molecule has 0 fully saturated rings. The molecule has 244 valence electrons. The lowest BCUT2D eigenvalue weighted by atomic mass is 9.92. The molecular formula is C28H38N8O7S2. The van der Waals surface area contributed by atoms with E-state index in [9.17, 15) is 31.2 Å². The molecule has 0 unspecified atom stereocenters. The monoisotopic (exact) mass is 662 g/mol. The van der Waals surface area contributed by atoms with Crippen LogP contribution in [0.3, 0.4) is 0 Å². The van der Waals surface area contributed by atoms with Crippen molar-refractivity contribution in [3.63, 3.8) is 0 Å². The number of aromatic nitrogens is 4. The number of nitrogens with one attached hydrogen (secondary N) is 1. The molecular weight excluding hydrogens is 624 g/mol. The van der Waals surface area contributed by atoms with Crippen molar-refractivity contribution in [2.24, 2.45) is 19.2 Å². The van der Waals surface area contributed by atoms with Crippen molar-refractivity contribution in [1.29, 1.82) is 0 Å². The standard InChI is InChI=1S/C21H26N4O4S.C7H12N4O3S/c1-24(2)21(27)18-12-20(22-25(18)3)30(28,29)23-19(26)11-17-15-8-4-6-13(15)10-14-7-5-9-16(14)17;1-10(2)7(12)5-4-6(9-11(5)3)15(8,13)14/h10,12H,4-9,11H2,1-3H3,(H,23,26);4H,1-3H3,(H2,8,13,14). The Balaban J connectivity index is 0.000000259. The number of nitrogens with zero attached hydrogens (tertiary/aromatic N) is 6. The number of rotatable bonds is 7. The number of primary sulfonamides is 1. The first kappa shape index (κ1) is 33.8. The maximum atomic E-state index is 12.7. The molecule has 2 aliphatic rings. The lowest BCUT2D eigenvalue weighted by Crippen LogP contribution is -2.32. The van der Waals surface area contributed by atoms with Crippen LogP contribution in [0.15, 0.2) is 28.3 Å². The molecule has 3 N–H and O–H groups in total.